The van der Waals surface area contributed by atoms with Gasteiger partial charge in [-0.15, -0.1) is 0 Å². The Balaban J connectivity index is 0.000000145. The summed E-state index contributed by atoms with van der Waals surface area (Å²) in [5.74, 6) is 0. The molecule has 0 radical (unpaired) electrons. The van der Waals surface area contributed by atoms with Crippen LogP contribution in [-0.4, -0.2) is 0 Å². The molecule has 0 N–H and O–H groups in total. The number of benzene rings is 12. The zero-order valence-corrected chi connectivity index (χ0v) is 57.1. The molecule has 0 aliphatic heterocycles. The van der Waals surface area contributed by atoms with Gasteiger partial charge >= 0.3 is 0 Å². The molecule has 0 atom stereocenters. The molecule has 0 unspecified atom stereocenters. The quantitative estimate of drug-likeness (QED) is 0.0846. The highest BCUT2D eigenvalue weighted by Crippen LogP contribution is 2.30. The summed E-state index contributed by atoms with van der Waals surface area (Å²) < 4.78 is 4.44. The standard InChI is InChI=1S/4C22H17Br/c4*23-22-20(16-14-18-8-3-1-4-9-18)12-7-13-21(22)17-15-19-10-5-2-6-11-19/h4*1-17H/b4*16-14+,17-15+. The van der Waals surface area contributed by atoms with Gasteiger partial charge in [0.2, 0.25) is 0 Å². The maximum absolute atomic E-state index is 3.73. The van der Waals surface area contributed by atoms with Crippen LogP contribution in [0.15, 0.2) is 333 Å². The topological polar surface area (TPSA) is 0 Å². The van der Waals surface area contributed by atoms with Crippen LogP contribution >= 0.6 is 63.7 Å². The molecule has 0 saturated carbocycles. The molecule has 0 amide bonds. The van der Waals surface area contributed by atoms with Crippen molar-refractivity contribution in [1.82, 2.24) is 0 Å². The summed E-state index contributed by atoms with van der Waals surface area (Å²) in [6, 6.07) is 108. The van der Waals surface area contributed by atoms with Crippen molar-refractivity contribution in [2.75, 3.05) is 0 Å². The van der Waals surface area contributed by atoms with E-state index in [2.05, 4.69) is 331 Å². The Kier molecular flexibility index (Phi) is 27.3. The van der Waals surface area contributed by atoms with Crippen LogP contribution in [0.25, 0.3) is 97.2 Å². The predicted octanol–water partition coefficient (Wildman–Crippen LogP) is 27.2. The Labute approximate surface area is 578 Å². The van der Waals surface area contributed by atoms with Gasteiger partial charge in [-0.3, -0.25) is 0 Å². The van der Waals surface area contributed by atoms with Gasteiger partial charge in [0, 0.05) is 17.9 Å². The molecule has 0 fully saturated rings. The van der Waals surface area contributed by atoms with Gasteiger partial charge in [-0.25, -0.2) is 0 Å². The summed E-state index contributed by atoms with van der Waals surface area (Å²) in [5.41, 5.74) is 19.0. The molecule has 12 aromatic carbocycles. The van der Waals surface area contributed by atoms with Gasteiger partial charge in [-0.05, 0) is 153 Å². The number of rotatable bonds is 16. The van der Waals surface area contributed by atoms with Crippen molar-refractivity contribution in [3.05, 3.63) is 422 Å². The van der Waals surface area contributed by atoms with E-state index in [0.717, 1.165) is 17.9 Å². The van der Waals surface area contributed by atoms with Crippen LogP contribution in [0.2, 0.25) is 0 Å². The number of hydrogen-bond donors (Lipinski definition) is 0. The SMILES string of the molecule is Brc1c(/C=C/c2ccccc2)cccc1/C=C/c1ccccc1.Brc1c(/C=C/c2ccccc2)cccc1/C=C/c1ccccc1.Brc1c(/C=C/c2ccccc2)cccc1/C=C/c1ccccc1.Brc1c(/C=C/c2ccccc2)cccc1/C=C/c1ccccc1. The highest BCUT2D eigenvalue weighted by molar-refractivity contribution is 9.11. The normalized spacial score (nSPS) is 11.3. The Morgan fingerprint density at radius 2 is 0.228 bits per heavy atom. The van der Waals surface area contributed by atoms with Crippen molar-refractivity contribution in [3.8, 4) is 0 Å². The van der Waals surface area contributed by atoms with E-state index >= 15 is 0 Å². The summed E-state index contributed by atoms with van der Waals surface area (Å²) >= 11 is 14.9. The van der Waals surface area contributed by atoms with E-state index in [0.29, 0.717) is 0 Å². The number of hydrogen-bond acceptors (Lipinski definition) is 0. The van der Waals surface area contributed by atoms with Crippen LogP contribution in [0.1, 0.15) is 89.0 Å². The van der Waals surface area contributed by atoms with E-state index in [1.807, 2.05) is 146 Å². The van der Waals surface area contributed by atoms with Crippen molar-refractivity contribution in [3.63, 3.8) is 0 Å². The van der Waals surface area contributed by atoms with Crippen LogP contribution < -0.4 is 0 Å². The molecule has 0 saturated heterocycles. The third-order valence-electron chi connectivity index (χ3n) is 14.3. The van der Waals surface area contributed by atoms with E-state index in [-0.39, 0.29) is 0 Å². The Morgan fingerprint density at radius 3 is 0.337 bits per heavy atom. The summed E-state index contributed by atoms with van der Waals surface area (Å²) in [4.78, 5) is 0. The van der Waals surface area contributed by atoms with Crippen molar-refractivity contribution in [2.24, 2.45) is 0 Å². The van der Waals surface area contributed by atoms with Crippen LogP contribution in [-0.2, 0) is 0 Å². The molecule has 0 aliphatic rings. The minimum absolute atomic E-state index is 1.11. The average Bonchev–Trinajstić information content (AvgIpc) is 3.80. The Bertz CT molecular complexity index is 3570. The van der Waals surface area contributed by atoms with Crippen LogP contribution in [0.5, 0.6) is 0 Å². The van der Waals surface area contributed by atoms with Crippen LogP contribution in [0.4, 0.5) is 0 Å². The molecule has 0 spiro atoms. The summed E-state index contributed by atoms with van der Waals surface area (Å²) in [5, 5.41) is 0. The van der Waals surface area contributed by atoms with Gasteiger partial charge in [0.25, 0.3) is 0 Å². The first-order valence-electron chi connectivity index (χ1n) is 30.3. The maximum atomic E-state index is 3.73. The molecule has 4 heteroatoms. The summed E-state index contributed by atoms with van der Waals surface area (Å²) in [6.45, 7) is 0. The van der Waals surface area contributed by atoms with Crippen LogP contribution in [0.3, 0.4) is 0 Å². The van der Waals surface area contributed by atoms with Crippen molar-refractivity contribution < 1.29 is 0 Å². The van der Waals surface area contributed by atoms with Crippen molar-refractivity contribution >= 4 is 161 Å². The zero-order chi connectivity index (χ0) is 63.6. The van der Waals surface area contributed by atoms with Gasteiger partial charge in [-0.2, -0.15) is 0 Å². The van der Waals surface area contributed by atoms with Gasteiger partial charge in [0.15, 0.2) is 0 Å². The Hall–Kier alpha value is -9.52. The molecule has 0 nitrogen and oxygen atoms in total. The summed E-state index contributed by atoms with van der Waals surface area (Å²) in [7, 11) is 0. The molecule has 12 rings (SSSR count). The molecular formula is C88H68Br4. The van der Waals surface area contributed by atoms with Crippen LogP contribution in [0, 0.1) is 0 Å². The minimum Gasteiger partial charge on any atom is -0.0622 e. The largest absolute Gasteiger partial charge is 0.0622 e. The average molecular weight is 1450 g/mol. The highest BCUT2D eigenvalue weighted by Gasteiger charge is 2.05. The zero-order valence-electron chi connectivity index (χ0n) is 50.8. The van der Waals surface area contributed by atoms with Gasteiger partial charge in [-0.1, -0.05) is 413 Å². The fraction of sp³-hybridized carbons (Fsp3) is 0. The molecular weight excluding hydrogens is 1380 g/mol. The van der Waals surface area contributed by atoms with Crippen molar-refractivity contribution in [1.29, 1.82) is 0 Å². The molecule has 92 heavy (non-hydrogen) atoms. The second kappa shape index (κ2) is 37.6. The maximum Gasteiger partial charge on any atom is 0.0320 e. The molecule has 448 valence electrons. The van der Waals surface area contributed by atoms with E-state index < -0.39 is 0 Å². The van der Waals surface area contributed by atoms with Gasteiger partial charge in [0.1, 0.15) is 0 Å². The fourth-order valence-electron chi connectivity index (χ4n) is 9.30. The first-order valence-corrected chi connectivity index (χ1v) is 33.5. The third kappa shape index (κ3) is 22.5. The fourth-order valence-corrected chi connectivity index (χ4v) is 11.4. The lowest BCUT2D eigenvalue weighted by atomic mass is 10.1. The van der Waals surface area contributed by atoms with E-state index in [9.17, 15) is 0 Å². The first kappa shape index (κ1) is 66.9. The van der Waals surface area contributed by atoms with E-state index in [1.165, 1.54) is 89.0 Å². The first-order chi connectivity index (χ1) is 45.3. The van der Waals surface area contributed by atoms with Crippen molar-refractivity contribution in [2.45, 2.75) is 0 Å². The van der Waals surface area contributed by atoms with E-state index in [4.69, 9.17) is 0 Å². The van der Waals surface area contributed by atoms with E-state index in [1.54, 1.807) is 0 Å². The van der Waals surface area contributed by atoms with Gasteiger partial charge < -0.3 is 0 Å². The molecule has 0 heterocycles. The Morgan fingerprint density at radius 1 is 0.120 bits per heavy atom. The highest BCUT2D eigenvalue weighted by atomic mass is 79.9. The lowest BCUT2D eigenvalue weighted by molar-refractivity contribution is 1.56. The molecule has 0 bridgehead atoms. The monoisotopic (exact) mass is 1440 g/mol. The second-order valence-corrected chi connectivity index (χ2v) is 24.1. The van der Waals surface area contributed by atoms with Gasteiger partial charge in [0.05, 0.1) is 0 Å². The second-order valence-electron chi connectivity index (χ2n) is 21.0. The lowest BCUT2D eigenvalue weighted by Crippen LogP contribution is -1.81. The third-order valence-corrected chi connectivity index (χ3v) is 17.9. The lowest BCUT2D eigenvalue weighted by Gasteiger charge is -2.03. The minimum atomic E-state index is 1.11. The smallest absolute Gasteiger partial charge is 0.0320 e. The molecule has 0 aromatic heterocycles. The predicted molar refractivity (Wildman–Crippen MR) is 420 cm³/mol. The number of halogens is 4. The molecule has 0 aliphatic carbocycles. The molecule has 12 aromatic rings. The summed E-state index contributed by atoms with van der Waals surface area (Å²) in [6.07, 6.45) is 34.1.